The van der Waals surface area contributed by atoms with Crippen molar-refractivity contribution in [1.82, 2.24) is 0 Å². The van der Waals surface area contributed by atoms with Crippen molar-refractivity contribution in [3.8, 4) is 5.75 Å². The molecule has 0 aliphatic heterocycles. The van der Waals surface area contributed by atoms with Crippen molar-refractivity contribution in [2.75, 3.05) is 7.11 Å². The predicted molar refractivity (Wildman–Crippen MR) is 40.9 cm³/mol. The van der Waals surface area contributed by atoms with E-state index in [-0.39, 0.29) is 37.5 Å². The minimum Gasteiger partial charge on any atom is -1.00 e. The van der Waals surface area contributed by atoms with Crippen LogP contribution in [0.25, 0.3) is 0 Å². The standard InChI is InChI=1S/C7H7FO.Mg.2H/c1-9-7-5-3-2-4-6(7)8;;;/h2-5H,1H3;;;/q;+2;2*-1. The maximum atomic E-state index is 12.5. The van der Waals surface area contributed by atoms with Crippen LogP contribution in [0.3, 0.4) is 0 Å². The Morgan fingerprint density at radius 1 is 1.40 bits per heavy atom. The van der Waals surface area contributed by atoms with Crippen LogP contribution in [0.4, 0.5) is 4.39 Å². The molecule has 1 nitrogen and oxygen atoms in total. The molecule has 0 saturated carbocycles. The molecule has 1 aromatic rings. The van der Waals surface area contributed by atoms with Gasteiger partial charge in [-0.2, -0.15) is 0 Å². The first-order chi connectivity index (χ1) is 4.34. The Kier molecular flexibility index (Phi) is 4.39. The molecule has 10 heavy (non-hydrogen) atoms. The fourth-order valence-corrected chi connectivity index (χ4v) is 0.610. The van der Waals surface area contributed by atoms with Gasteiger partial charge in [0.15, 0.2) is 11.6 Å². The molecular formula is C7H9FMgO. The molecule has 1 aromatic carbocycles. The normalized spacial score (nSPS) is 8.20. The van der Waals surface area contributed by atoms with Gasteiger partial charge in [-0.25, -0.2) is 4.39 Å². The molecule has 1 rings (SSSR count). The van der Waals surface area contributed by atoms with Crippen LogP contribution in [0.5, 0.6) is 5.75 Å². The van der Waals surface area contributed by atoms with Gasteiger partial charge in [0.1, 0.15) is 0 Å². The van der Waals surface area contributed by atoms with Gasteiger partial charge in [-0.05, 0) is 12.1 Å². The smallest absolute Gasteiger partial charge is 1.00 e. The number of benzene rings is 1. The summed E-state index contributed by atoms with van der Waals surface area (Å²) in [5, 5.41) is 0. The molecule has 0 amide bonds. The maximum absolute atomic E-state index is 12.5. The van der Waals surface area contributed by atoms with Crippen LogP contribution in [0.15, 0.2) is 24.3 Å². The minimum absolute atomic E-state index is 0. The van der Waals surface area contributed by atoms with Gasteiger partial charge >= 0.3 is 23.1 Å². The fraction of sp³-hybridized carbons (Fsp3) is 0.143. The molecule has 0 unspecified atom stereocenters. The Balaban J connectivity index is -0.000000270. The summed E-state index contributed by atoms with van der Waals surface area (Å²) in [4.78, 5) is 0. The largest absolute Gasteiger partial charge is 2.00 e. The second kappa shape index (κ2) is 4.52. The molecule has 0 saturated heterocycles. The second-order valence-electron chi connectivity index (χ2n) is 1.63. The SMILES string of the molecule is COc1ccccc1F.[H-].[H-].[Mg+2]. The molecular weight excluding hydrogens is 143 g/mol. The zero-order valence-electron chi connectivity index (χ0n) is 7.80. The van der Waals surface area contributed by atoms with Crippen LogP contribution in [-0.2, 0) is 0 Å². The van der Waals surface area contributed by atoms with E-state index in [0.717, 1.165) is 0 Å². The average molecular weight is 152 g/mol. The number of ether oxygens (including phenoxy) is 1. The summed E-state index contributed by atoms with van der Waals surface area (Å²) in [6, 6.07) is 6.29. The van der Waals surface area contributed by atoms with Crippen molar-refractivity contribution in [3.05, 3.63) is 30.1 Å². The van der Waals surface area contributed by atoms with Gasteiger partial charge in [-0.3, -0.25) is 0 Å². The molecule has 0 aliphatic rings. The molecule has 0 bridgehead atoms. The molecule has 0 aliphatic carbocycles. The number of methoxy groups -OCH3 is 1. The van der Waals surface area contributed by atoms with E-state index in [0.29, 0.717) is 0 Å². The van der Waals surface area contributed by atoms with E-state index in [9.17, 15) is 4.39 Å². The molecule has 0 fully saturated rings. The number of rotatable bonds is 1. The molecule has 52 valence electrons. The Hall–Kier alpha value is -0.284. The first kappa shape index (κ1) is 9.72. The molecule has 0 radical (unpaired) electrons. The third-order valence-corrected chi connectivity index (χ3v) is 1.06. The third kappa shape index (κ3) is 2.15. The minimum atomic E-state index is -0.319. The van der Waals surface area contributed by atoms with Crippen LogP contribution in [-0.4, -0.2) is 30.2 Å². The van der Waals surface area contributed by atoms with Gasteiger partial charge in [0.2, 0.25) is 0 Å². The molecule has 0 heterocycles. The monoisotopic (exact) mass is 152 g/mol. The van der Waals surface area contributed by atoms with E-state index >= 15 is 0 Å². The molecule has 3 heteroatoms. The zero-order chi connectivity index (χ0) is 6.69. The van der Waals surface area contributed by atoms with E-state index in [2.05, 4.69) is 4.74 Å². The van der Waals surface area contributed by atoms with Gasteiger partial charge < -0.3 is 7.59 Å². The van der Waals surface area contributed by atoms with Crippen molar-refractivity contribution in [2.45, 2.75) is 0 Å². The van der Waals surface area contributed by atoms with Crippen molar-refractivity contribution >= 4 is 23.1 Å². The molecule has 0 atom stereocenters. The predicted octanol–water partition coefficient (Wildman–Crippen LogP) is 1.68. The van der Waals surface area contributed by atoms with Crippen molar-refractivity contribution in [2.24, 2.45) is 0 Å². The Labute approximate surface area is 78.3 Å². The first-order valence-corrected chi connectivity index (χ1v) is 2.63. The summed E-state index contributed by atoms with van der Waals surface area (Å²) >= 11 is 0. The number of para-hydroxylation sites is 1. The zero-order valence-corrected chi connectivity index (χ0v) is 7.22. The van der Waals surface area contributed by atoms with E-state index in [1.165, 1.54) is 13.2 Å². The van der Waals surface area contributed by atoms with Gasteiger partial charge in [0.25, 0.3) is 0 Å². The molecule has 0 aromatic heterocycles. The third-order valence-electron chi connectivity index (χ3n) is 1.06. The first-order valence-electron chi connectivity index (χ1n) is 2.63. The van der Waals surface area contributed by atoms with Crippen LogP contribution in [0.1, 0.15) is 2.85 Å². The molecule has 0 spiro atoms. The van der Waals surface area contributed by atoms with Gasteiger partial charge in [0, 0.05) is 0 Å². The van der Waals surface area contributed by atoms with Gasteiger partial charge in [-0.15, -0.1) is 0 Å². The van der Waals surface area contributed by atoms with Gasteiger partial charge in [0.05, 0.1) is 7.11 Å². The van der Waals surface area contributed by atoms with Crippen molar-refractivity contribution in [1.29, 1.82) is 0 Å². The summed E-state index contributed by atoms with van der Waals surface area (Å²) in [7, 11) is 1.44. The topological polar surface area (TPSA) is 9.23 Å². The fourth-order valence-electron chi connectivity index (χ4n) is 0.610. The van der Waals surface area contributed by atoms with E-state index in [4.69, 9.17) is 0 Å². The number of halogens is 1. The Morgan fingerprint density at radius 3 is 2.40 bits per heavy atom. The summed E-state index contributed by atoms with van der Waals surface area (Å²) in [6.07, 6.45) is 0. The van der Waals surface area contributed by atoms with Crippen LogP contribution in [0.2, 0.25) is 0 Å². The van der Waals surface area contributed by atoms with E-state index in [1.54, 1.807) is 18.2 Å². The van der Waals surface area contributed by atoms with Crippen LogP contribution in [0, 0.1) is 5.82 Å². The average Bonchev–Trinajstić information content (AvgIpc) is 1.89. The van der Waals surface area contributed by atoms with Crippen molar-refractivity contribution < 1.29 is 12.0 Å². The summed E-state index contributed by atoms with van der Waals surface area (Å²) in [5.41, 5.74) is 0. The van der Waals surface area contributed by atoms with E-state index < -0.39 is 0 Å². The van der Waals surface area contributed by atoms with Crippen LogP contribution >= 0.6 is 0 Å². The van der Waals surface area contributed by atoms with E-state index in [1.807, 2.05) is 0 Å². The summed E-state index contributed by atoms with van der Waals surface area (Å²) in [6.45, 7) is 0. The number of hydrogen-bond donors (Lipinski definition) is 0. The van der Waals surface area contributed by atoms with Gasteiger partial charge in [-0.1, -0.05) is 12.1 Å². The molecule has 0 N–H and O–H groups in total. The Morgan fingerprint density at radius 2 is 2.00 bits per heavy atom. The Bertz CT molecular complexity index is 210. The summed E-state index contributed by atoms with van der Waals surface area (Å²) < 4.78 is 17.1. The number of hydrogen-bond acceptors (Lipinski definition) is 1. The maximum Gasteiger partial charge on any atom is 2.00 e. The summed E-state index contributed by atoms with van der Waals surface area (Å²) in [5.74, 6) is -0.0301. The second-order valence-corrected chi connectivity index (χ2v) is 1.63. The van der Waals surface area contributed by atoms with Crippen LogP contribution < -0.4 is 4.74 Å². The quantitative estimate of drug-likeness (QED) is 0.557. The van der Waals surface area contributed by atoms with Crippen molar-refractivity contribution in [3.63, 3.8) is 0 Å².